The molecule has 3 N–H and O–H groups in total. The van der Waals surface area contributed by atoms with Crippen molar-refractivity contribution in [3.05, 3.63) is 60.2 Å². The predicted octanol–water partition coefficient (Wildman–Crippen LogP) is 2.50. The molecule has 26 heavy (non-hydrogen) atoms. The minimum Gasteiger partial charge on any atom is -0.497 e. The van der Waals surface area contributed by atoms with Gasteiger partial charge in [0.15, 0.2) is 0 Å². The predicted molar refractivity (Wildman–Crippen MR) is 102 cm³/mol. The van der Waals surface area contributed by atoms with Crippen LogP contribution in [0, 0.1) is 0 Å². The molecule has 2 aromatic carbocycles. The molecule has 0 aromatic heterocycles. The number of hydrogen-bond acceptors (Lipinski definition) is 4. The number of nitrogens with one attached hydrogen (secondary N) is 3. The largest absolute Gasteiger partial charge is 0.497 e. The van der Waals surface area contributed by atoms with Crippen molar-refractivity contribution in [2.24, 2.45) is 0 Å². The van der Waals surface area contributed by atoms with Crippen LogP contribution in [0.5, 0.6) is 5.75 Å². The maximum atomic E-state index is 12.0. The second-order valence-electron chi connectivity index (χ2n) is 5.69. The number of benzene rings is 2. The zero-order chi connectivity index (χ0) is 19.0. The Bertz CT molecular complexity index is 825. The smallest absolute Gasteiger partial charge is 0.315 e. The Morgan fingerprint density at radius 2 is 1.85 bits per heavy atom. The number of methoxy groups -OCH3 is 1. The van der Waals surface area contributed by atoms with E-state index in [0.29, 0.717) is 11.4 Å². The molecule has 0 aliphatic rings. The van der Waals surface area contributed by atoms with Gasteiger partial charge in [-0.3, -0.25) is 4.72 Å². The first-order chi connectivity index (χ1) is 12.4. The summed E-state index contributed by atoms with van der Waals surface area (Å²) in [6.07, 6.45) is 0. The summed E-state index contributed by atoms with van der Waals surface area (Å²) in [6, 6.07) is 15.3. The normalized spacial score (nSPS) is 12.1. The van der Waals surface area contributed by atoms with Gasteiger partial charge in [-0.1, -0.05) is 30.3 Å². The first kappa shape index (κ1) is 19.6. The molecule has 1 atom stereocenters. The van der Waals surface area contributed by atoms with E-state index in [-0.39, 0.29) is 18.3 Å². The molecule has 0 unspecified atom stereocenters. The van der Waals surface area contributed by atoms with Gasteiger partial charge in [-0.2, -0.15) is 0 Å². The van der Waals surface area contributed by atoms with Crippen molar-refractivity contribution in [3.63, 3.8) is 0 Å². The minimum atomic E-state index is -3.53. The molecule has 0 spiro atoms. The third kappa shape index (κ3) is 6.29. The highest BCUT2D eigenvalue weighted by Gasteiger charge is 2.13. The molecule has 0 aliphatic carbocycles. The fourth-order valence-corrected chi connectivity index (χ4v) is 3.25. The monoisotopic (exact) mass is 377 g/mol. The zero-order valence-corrected chi connectivity index (χ0v) is 15.5. The van der Waals surface area contributed by atoms with Crippen LogP contribution in [0.4, 0.5) is 10.5 Å². The van der Waals surface area contributed by atoms with Gasteiger partial charge in [0.05, 0.1) is 18.9 Å². The summed E-state index contributed by atoms with van der Waals surface area (Å²) >= 11 is 0. The summed E-state index contributed by atoms with van der Waals surface area (Å²) in [5, 5.41) is 5.32. The SMILES string of the molecule is COc1cccc([C@@H](C)NC(=O)NCCS(=O)(=O)Nc2ccccc2)c1. The first-order valence-electron chi connectivity index (χ1n) is 8.13. The van der Waals surface area contributed by atoms with Crippen molar-refractivity contribution >= 4 is 21.7 Å². The Hall–Kier alpha value is -2.74. The van der Waals surface area contributed by atoms with E-state index in [1.54, 1.807) is 37.4 Å². The molecule has 2 rings (SSSR count). The summed E-state index contributed by atoms with van der Waals surface area (Å²) in [7, 11) is -1.95. The van der Waals surface area contributed by atoms with E-state index in [1.165, 1.54) is 0 Å². The molecule has 0 aliphatic heterocycles. The highest BCUT2D eigenvalue weighted by atomic mass is 32.2. The maximum Gasteiger partial charge on any atom is 0.315 e. The number of carbonyl (C=O) groups is 1. The molecule has 0 fully saturated rings. The maximum absolute atomic E-state index is 12.0. The quantitative estimate of drug-likeness (QED) is 0.658. The molecule has 7 nitrogen and oxygen atoms in total. The molecule has 0 bridgehead atoms. The van der Waals surface area contributed by atoms with Gasteiger partial charge in [-0.25, -0.2) is 13.2 Å². The number of carbonyl (C=O) groups excluding carboxylic acids is 1. The molecule has 0 radical (unpaired) electrons. The molecular weight excluding hydrogens is 354 g/mol. The van der Waals surface area contributed by atoms with Crippen molar-refractivity contribution < 1.29 is 17.9 Å². The van der Waals surface area contributed by atoms with Crippen molar-refractivity contribution in [3.8, 4) is 5.75 Å². The Morgan fingerprint density at radius 1 is 1.12 bits per heavy atom. The lowest BCUT2D eigenvalue weighted by molar-refractivity contribution is 0.238. The standard InChI is InChI=1S/C18H23N3O4S/c1-14(15-7-6-10-17(13-15)25-2)20-18(22)19-11-12-26(23,24)21-16-8-4-3-5-9-16/h3-10,13-14,21H,11-12H2,1-2H3,(H2,19,20,22)/t14-/m1/s1. The van der Waals surface area contributed by atoms with Crippen molar-refractivity contribution in [2.45, 2.75) is 13.0 Å². The number of hydrogen-bond donors (Lipinski definition) is 3. The van der Waals surface area contributed by atoms with Crippen LogP contribution in [0.3, 0.4) is 0 Å². The fourth-order valence-electron chi connectivity index (χ4n) is 2.28. The third-order valence-electron chi connectivity index (χ3n) is 3.64. The fraction of sp³-hybridized carbons (Fsp3) is 0.278. The van der Waals surface area contributed by atoms with Crippen molar-refractivity contribution in [2.75, 3.05) is 24.1 Å². The summed E-state index contributed by atoms with van der Waals surface area (Å²) in [5.41, 5.74) is 1.38. The van der Waals surface area contributed by atoms with Gasteiger partial charge < -0.3 is 15.4 Å². The second kappa shape index (κ2) is 9.10. The van der Waals surface area contributed by atoms with Crippen LogP contribution >= 0.6 is 0 Å². The van der Waals surface area contributed by atoms with Crippen LogP contribution in [0.15, 0.2) is 54.6 Å². The zero-order valence-electron chi connectivity index (χ0n) is 14.7. The van der Waals surface area contributed by atoms with Crippen molar-refractivity contribution in [1.29, 1.82) is 0 Å². The van der Waals surface area contributed by atoms with Crippen LogP contribution in [0.2, 0.25) is 0 Å². The molecule has 0 saturated heterocycles. The Labute approximate surface area is 153 Å². The number of urea groups is 1. The lowest BCUT2D eigenvalue weighted by Crippen LogP contribution is -2.39. The molecule has 0 saturated carbocycles. The Kier molecular flexibility index (Phi) is 6.85. The summed E-state index contributed by atoms with van der Waals surface area (Å²) in [5.74, 6) is 0.484. The molecule has 8 heteroatoms. The molecule has 0 heterocycles. The minimum absolute atomic E-state index is 0.00116. The van der Waals surface area contributed by atoms with E-state index in [9.17, 15) is 13.2 Å². The lowest BCUT2D eigenvalue weighted by Gasteiger charge is -2.16. The summed E-state index contributed by atoms with van der Waals surface area (Å²) in [4.78, 5) is 12.0. The van der Waals surface area contributed by atoms with E-state index in [4.69, 9.17) is 4.74 Å². The van der Waals surface area contributed by atoms with E-state index in [1.807, 2.05) is 31.2 Å². The van der Waals surface area contributed by atoms with E-state index < -0.39 is 16.1 Å². The molecule has 2 aromatic rings. The number of para-hydroxylation sites is 1. The number of amides is 2. The molecular formula is C18H23N3O4S. The lowest BCUT2D eigenvalue weighted by atomic mass is 10.1. The topological polar surface area (TPSA) is 96.5 Å². The van der Waals surface area contributed by atoms with E-state index >= 15 is 0 Å². The average Bonchev–Trinajstić information content (AvgIpc) is 2.62. The van der Waals surface area contributed by atoms with Crippen LogP contribution in [-0.4, -0.2) is 33.9 Å². The van der Waals surface area contributed by atoms with Crippen LogP contribution in [0.25, 0.3) is 0 Å². The number of rotatable bonds is 8. The van der Waals surface area contributed by atoms with Gasteiger partial charge in [0.1, 0.15) is 5.75 Å². The third-order valence-corrected chi connectivity index (χ3v) is 4.93. The van der Waals surface area contributed by atoms with Crippen LogP contribution < -0.4 is 20.1 Å². The van der Waals surface area contributed by atoms with Gasteiger partial charge in [0.2, 0.25) is 10.0 Å². The first-order valence-corrected chi connectivity index (χ1v) is 9.79. The summed E-state index contributed by atoms with van der Waals surface area (Å²) < 4.78 is 31.6. The average molecular weight is 377 g/mol. The summed E-state index contributed by atoms with van der Waals surface area (Å²) in [6.45, 7) is 1.83. The van der Waals surface area contributed by atoms with E-state index in [0.717, 1.165) is 5.56 Å². The molecule has 140 valence electrons. The molecule has 2 amide bonds. The van der Waals surface area contributed by atoms with Crippen LogP contribution in [0.1, 0.15) is 18.5 Å². The van der Waals surface area contributed by atoms with Crippen LogP contribution in [-0.2, 0) is 10.0 Å². The van der Waals surface area contributed by atoms with Gasteiger partial charge >= 0.3 is 6.03 Å². The van der Waals surface area contributed by atoms with Gasteiger partial charge in [0.25, 0.3) is 0 Å². The van der Waals surface area contributed by atoms with Gasteiger partial charge in [0, 0.05) is 12.2 Å². The highest BCUT2D eigenvalue weighted by Crippen LogP contribution is 2.18. The highest BCUT2D eigenvalue weighted by molar-refractivity contribution is 7.92. The van der Waals surface area contributed by atoms with Gasteiger partial charge in [-0.05, 0) is 36.8 Å². The number of sulfonamides is 1. The number of ether oxygens (including phenoxy) is 1. The Balaban J connectivity index is 1.79. The Morgan fingerprint density at radius 3 is 2.54 bits per heavy atom. The second-order valence-corrected chi connectivity index (χ2v) is 7.53. The van der Waals surface area contributed by atoms with Gasteiger partial charge in [-0.15, -0.1) is 0 Å². The number of anilines is 1. The van der Waals surface area contributed by atoms with Crippen molar-refractivity contribution in [1.82, 2.24) is 10.6 Å². The van der Waals surface area contributed by atoms with E-state index in [2.05, 4.69) is 15.4 Å².